The molecule has 0 radical (unpaired) electrons. The third-order valence-corrected chi connectivity index (χ3v) is 2.64. The molecule has 19 heavy (non-hydrogen) atoms. The van der Waals surface area contributed by atoms with Crippen LogP contribution in [0.15, 0.2) is 36.4 Å². The van der Waals surface area contributed by atoms with Crippen LogP contribution in [-0.4, -0.2) is 7.11 Å². The Balaban J connectivity index is 2.10. The van der Waals surface area contributed by atoms with Crippen LogP contribution >= 0.6 is 0 Å². The first-order valence-electron chi connectivity index (χ1n) is 5.61. The van der Waals surface area contributed by atoms with Gasteiger partial charge in [-0.1, -0.05) is 0 Å². The second-order valence-corrected chi connectivity index (χ2v) is 3.94. The molecule has 0 atom stereocenters. The van der Waals surface area contributed by atoms with Crippen LogP contribution < -0.4 is 10.1 Å². The number of halogens is 3. The molecule has 0 saturated carbocycles. The second-order valence-electron chi connectivity index (χ2n) is 3.94. The molecule has 0 aliphatic carbocycles. The molecule has 0 aromatic heterocycles. The first-order chi connectivity index (χ1) is 9.10. The third kappa shape index (κ3) is 3.19. The molecule has 0 unspecified atom stereocenters. The van der Waals surface area contributed by atoms with Crippen molar-refractivity contribution >= 4 is 5.69 Å². The van der Waals surface area contributed by atoms with Gasteiger partial charge >= 0.3 is 0 Å². The van der Waals surface area contributed by atoms with E-state index in [1.54, 1.807) is 6.07 Å². The van der Waals surface area contributed by atoms with E-state index in [0.717, 1.165) is 18.2 Å². The van der Waals surface area contributed by atoms with E-state index < -0.39 is 17.5 Å². The first kappa shape index (κ1) is 13.3. The van der Waals surface area contributed by atoms with Gasteiger partial charge in [-0.25, -0.2) is 13.2 Å². The maximum atomic E-state index is 13.4. The lowest BCUT2D eigenvalue weighted by molar-refractivity contribution is 0.386. The molecule has 0 fully saturated rings. The Morgan fingerprint density at radius 1 is 1.00 bits per heavy atom. The zero-order valence-electron chi connectivity index (χ0n) is 10.2. The Morgan fingerprint density at radius 3 is 2.47 bits per heavy atom. The number of rotatable bonds is 4. The van der Waals surface area contributed by atoms with E-state index in [9.17, 15) is 13.2 Å². The highest BCUT2D eigenvalue weighted by molar-refractivity contribution is 5.47. The minimum absolute atomic E-state index is 0.0648. The van der Waals surface area contributed by atoms with Crippen LogP contribution in [-0.2, 0) is 6.54 Å². The molecular weight excluding hydrogens is 255 g/mol. The number of hydrogen-bond donors (Lipinski definition) is 1. The molecular formula is C14H12F3NO. The van der Waals surface area contributed by atoms with Crippen molar-refractivity contribution in [1.82, 2.24) is 0 Å². The zero-order chi connectivity index (χ0) is 13.8. The second kappa shape index (κ2) is 5.65. The molecule has 2 aromatic carbocycles. The molecule has 0 heterocycles. The number of ether oxygens (including phenoxy) is 1. The number of benzene rings is 2. The summed E-state index contributed by atoms with van der Waals surface area (Å²) in [5, 5.41) is 2.82. The molecule has 0 spiro atoms. The van der Waals surface area contributed by atoms with Gasteiger partial charge in [-0.15, -0.1) is 0 Å². The molecule has 2 rings (SSSR count). The summed E-state index contributed by atoms with van der Waals surface area (Å²) in [4.78, 5) is 0. The molecule has 100 valence electrons. The average molecular weight is 267 g/mol. The molecule has 0 bridgehead atoms. The van der Waals surface area contributed by atoms with Crippen molar-refractivity contribution in [3.63, 3.8) is 0 Å². The minimum Gasteiger partial charge on any atom is -0.494 e. The zero-order valence-corrected chi connectivity index (χ0v) is 10.2. The minimum atomic E-state index is -0.521. The molecule has 0 aliphatic rings. The van der Waals surface area contributed by atoms with E-state index in [1.807, 2.05) is 0 Å². The molecule has 1 N–H and O–H groups in total. The lowest BCUT2D eigenvalue weighted by Gasteiger charge is -2.09. The smallest absolute Gasteiger partial charge is 0.167 e. The molecule has 2 nitrogen and oxygen atoms in total. The van der Waals surface area contributed by atoms with Gasteiger partial charge in [0.2, 0.25) is 0 Å². The van der Waals surface area contributed by atoms with Crippen LogP contribution in [0.2, 0.25) is 0 Å². The van der Waals surface area contributed by atoms with Crippen molar-refractivity contribution in [1.29, 1.82) is 0 Å². The number of anilines is 1. The largest absolute Gasteiger partial charge is 0.494 e. The molecule has 0 amide bonds. The van der Waals surface area contributed by atoms with Gasteiger partial charge in [0.25, 0.3) is 0 Å². The fourth-order valence-electron chi connectivity index (χ4n) is 1.65. The Hall–Kier alpha value is -2.17. The van der Waals surface area contributed by atoms with E-state index in [-0.39, 0.29) is 17.9 Å². The van der Waals surface area contributed by atoms with Gasteiger partial charge in [0.05, 0.1) is 7.11 Å². The number of hydrogen-bond acceptors (Lipinski definition) is 2. The number of nitrogens with one attached hydrogen (secondary N) is 1. The van der Waals surface area contributed by atoms with Crippen molar-refractivity contribution in [3.05, 3.63) is 59.4 Å². The third-order valence-electron chi connectivity index (χ3n) is 2.64. The lowest BCUT2D eigenvalue weighted by Crippen LogP contribution is -2.03. The van der Waals surface area contributed by atoms with Gasteiger partial charge in [0.1, 0.15) is 11.6 Å². The molecule has 0 saturated heterocycles. The summed E-state index contributed by atoms with van der Waals surface area (Å²) >= 11 is 0. The summed E-state index contributed by atoms with van der Waals surface area (Å²) in [5.74, 6) is -1.42. The fraction of sp³-hybridized carbons (Fsp3) is 0.143. The van der Waals surface area contributed by atoms with Crippen molar-refractivity contribution in [2.75, 3.05) is 12.4 Å². The molecule has 5 heteroatoms. The van der Waals surface area contributed by atoms with E-state index in [2.05, 4.69) is 5.32 Å². The van der Waals surface area contributed by atoms with E-state index in [0.29, 0.717) is 5.69 Å². The Morgan fingerprint density at radius 2 is 1.79 bits per heavy atom. The van der Waals surface area contributed by atoms with Gasteiger partial charge in [0, 0.05) is 23.9 Å². The standard InChI is InChI=1S/C14H12F3NO/c1-19-14-5-3-11(7-13(14)17)18-8-9-6-10(15)2-4-12(9)16/h2-7,18H,8H2,1H3. The van der Waals surface area contributed by atoms with E-state index in [4.69, 9.17) is 4.74 Å². The Labute approximate surface area is 108 Å². The maximum Gasteiger partial charge on any atom is 0.167 e. The molecule has 2 aromatic rings. The van der Waals surface area contributed by atoms with Gasteiger partial charge in [0.15, 0.2) is 11.6 Å². The fourth-order valence-corrected chi connectivity index (χ4v) is 1.65. The van der Waals surface area contributed by atoms with Crippen LogP contribution in [0, 0.1) is 17.5 Å². The van der Waals surface area contributed by atoms with E-state index in [1.165, 1.54) is 19.2 Å². The molecule has 0 aliphatic heterocycles. The highest BCUT2D eigenvalue weighted by Crippen LogP contribution is 2.21. The van der Waals surface area contributed by atoms with Crippen LogP contribution in [0.3, 0.4) is 0 Å². The quantitative estimate of drug-likeness (QED) is 0.911. The maximum absolute atomic E-state index is 13.4. The van der Waals surface area contributed by atoms with Crippen LogP contribution in [0.4, 0.5) is 18.9 Å². The summed E-state index contributed by atoms with van der Waals surface area (Å²) < 4.78 is 44.5. The topological polar surface area (TPSA) is 21.3 Å². The monoisotopic (exact) mass is 267 g/mol. The Kier molecular flexibility index (Phi) is 3.94. The summed E-state index contributed by atoms with van der Waals surface area (Å²) in [6, 6.07) is 7.49. The van der Waals surface area contributed by atoms with Crippen LogP contribution in [0.25, 0.3) is 0 Å². The normalized spacial score (nSPS) is 10.3. The van der Waals surface area contributed by atoms with Crippen LogP contribution in [0.1, 0.15) is 5.56 Å². The lowest BCUT2D eigenvalue weighted by atomic mass is 10.2. The van der Waals surface area contributed by atoms with Gasteiger partial charge < -0.3 is 10.1 Å². The predicted molar refractivity (Wildman–Crippen MR) is 66.6 cm³/mol. The SMILES string of the molecule is COc1ccc(NCc2cc(F)ccc2F)cc1F. The van der Waals surface area contributed by atoms with Crippen molar-refractivity contribution in [2.24, 2.45) is 0 Å². The number of methoxy groups -OCH3 is 1. The Bertz CT molecular complexity index is 587. The summed E-state index contributed by atoms with van der Waals surface area (Å²) in [5.41, 5.74) is 0.637. The van der Waals surface area contributed by atoms with Gasteiger partial charge in [-0.05, 0) is 30.3 Å². The summed E-state index contributed by atoms with van der Waals surface area (Å²) in [7, 11) is 1.37. The highest BCUT2D eigenvalue weighted by Gasteiger charge is 2.06. The van der Waals surface area contributed by atoms with Crippen molar-refractivity contribution < 1.29 is 17.9 Å². The van der Waals surface area contributed by atoms with Crippen LogP contribution in [0.5, 0.6) is 5.75 Å². The highest BCUT2D eigenvalue weighted by atomic mass is 19.1. The predicted octanol–water partition coefficient (Wildman–Crippen LogP) is 3.72. The van der Waals surface area contributed by atoms with Crippen molar-refractivity contribution in [3.8, 4) is 5.75 Å². The first-order valence-corrected chi connectivity index (χ1v) is 5.61. The van der Waals surface area contributed by atoms with E-state index >= 15 is 0 Å². The van der Waals surface area contributed by atoms with Crippen molar-refractivity contribution in [2.45, 2.75) is 6.54 Å². The summed E-state index contributed by atoms with van der Waals surface area (Å²) in [6.07, 6.45) is 0. The summed E-state index contributed by atoms with van der Waals surface area (Å²) in [6.45, 7) is 0.0648. The van der Waals surface area contributed by atoms with Gasteiger partial charge in [-0.2, -0.15) is 0 Å². The van der Waals surface area contributed by atoms with Gasteiger partial charge in [-0.3, -0.25) is 0 Å². The average Bonchev–Trinajstić information content (AvgIpc) is 2.40.